The average molecular weight is 364 g/mol. The van der Waals surface area contributed by atoms with E-state index in [9.17, 15) is 9.59 Å². The second kappa shape index (κ2) is 6.11. The van der Waals surface area contributed by atoms with Gasteiger partial charge in [-0.25, -0.2) is 4.79 Å². The number of carbonyl (C=O) groups excluding carboxylic acids is 2. The summed E-state index contributed by atoms with van der Waals surface area (Å²) < 4.78 is 4.76. The quantitative estimate of drug-likeness (QED) is 0.658. The van der Waals surface area contributed by atoms with Gasteiger partial charge >= 0.3 is 5.97 Å². The van der Waals surface area contributed by atoms with E-state index in [1.54, 1.807) is 25.1 Å². The Balaban J connectivity index is 2.22. The van der Waals surface area contributed by atoms with Crippen LogP contribution in [0.25, 0.3) is 0 Å². The molecule has 1 heterocycles. The van der Waals surface area contributed by atoms with E-state index in [0.29, 0.717) is 22.0 Å². The standard InChI is InChI=1S/C18H15Cl2NO3/c1-18(12-8-11(16(22)24-2)4-5-14(12)20)13-7-10(9-19)3-6-15(13)21-17(18)23/h3-8H,9H2,1-2H3,(H,21,23). The number of amides is 1. The molecule has 2 aromatic rings. The third kappa shape index (κ3) is 2.46. The van der Waals surface area contributed by atoms with Gasteiger partial charge in [-0.3, -0.25) is 4.79 Å². The van der Waals surface area contributed by atoms with Crippen molar-refractivity contribution in [1.29, 1.82) is 0 Å². The van der Waals surface area contributed by atoms with Crippen LogP contribution in [0.4, 0.5) is 5.69 Å². The van der Waals surface area contributed by atoms with Crippen LogP contribution in [0.5, 0.6) is 0 Å². The van der Waals surface area contributed by atoms with E-state index >= 15 is 0 Å². The number of esters is 1. The summed E-state index contributed by atoms with van der Waals surface area (Å²) in [6.45, 7) is 1.79. The number of hydrogen-bond donors (Lipinski definition) is 1. The van der Waals surface area contributed by atoms with Gasteiger partial charge < -0.3 is 10.1 Å². The van der Waals surface area contributed by atoms with Crippen LogP contribution in [0.2, 0.25) is 5.02 Å². The molecule has 0 radical (unpaired) electrons. The van der Waals surface area contributed by atoms with Gasteiger partial charge in [0.1, 0.15) is 0 Å². The van der Waals surface area contributed by atoms with E-state index in [0.717, 1.165) is 16.8 Å². The zero-order valence-electron chi connectivity index (χ0n) is 13.2. The first kappa shape index (κ1) is 16.8. The maximum absolute atomic E-state index is 12.7. The Morgan fingerprint density at radius 1 is 1.21 bits per heavy atom. The molecule has 1 aliphatic heterocycles. The minimum atomic E-state index is -1.02. The van der Waals surface area contributed by atoms with Crippen LogP contribution in [-0.2, 0) is 20.8 Å². The van der Waals surface area contributed by atoms with E-state index < -0.39 is 11.4 Å². The zero-order chi connectivity index (χ0) is 17.5. The summed E-state index contributed by atoms with van der Waals surface area (Å²) in [5, 5.41) is 3.28. The number of anilines is 1. The Morgan fingerprint density at radius 2 is 1.96 bits per heavy atom. The molecule has 1 unspecified atom stereocenters. The normalized spacial score (nSPS) is 18.9. The van der Waals surface area contributed by atoms with Gasteiger partial charge in [0.15, 0.2) is 0 Å². The summed E-state index contributed by atoms with van der Waals surface area (Å²) in [5.74, 6) is -0.342. The topological polar surface area (TPSA) is 55.4 Å². The molecule has 6 heteroatoms. The molecular formula is C18H15Cl2NO3. The Labute approximate surface area is 149 Å². The number of benzene rings is 2. The molecule has 0 saturated carbocycles. The molecule has 124 valence electrons. The second-order valence-electron chi connectivity index (χ2n) is 5.78. The largest absolute Gasteiger partial charge is 0.465 e. The van der Waals surface area contributed by atoms with Crippen molar-refractivity contribution in [2.75, 3.05) is 12.4 Å². The van der Waals surface area contributed by atoms with Crippen molar-refractivity contribution in [3.05, 3.63) is 63.7 Å². The summed E-state index contributed by atoms with van der Waals surface area (Å²) in [6.07, 6.45) is 0. The van der Waals surface area contributed by atoms with Crippen LogP contribution in [0, 0.1) is 0 Å². The van der Waals surface area contributed by atoms with Crippen LogP contribution in [0.3, 0.4) is 0 Å². The number of rotatable bonds is 3. The highest BCUT2D eigenvalue weighted by atomic mass is 35.5. The smallest absolute Gasteiger partial charge is 0.337 e. The fraction of sp³-hybridized carbons (Fsp3) is 0.222. The van der Waals surface area contributed by atoms with E-state index in [1.165, 1.54) is 7.11 Å². The van der Waals surface area contributed by atoms with Gasteiger partial charge in [0.2, 0.25) is 5.91 Å². The average Bonchev–Trinajstić information content (AvgIpc) is 2.85. The minimum absolute atomic E-state index is 0.201. The molecule has 0 saturated heterocycles. The van der Waals surface area contributed by atoms with Crippen molar-refractivity contribution in [3.63, 3.8) is 0 Å². The van der Waals surface area contributed by atoms with Gasteiger partial charge in [0.05, 0.1) is 18.1 Å². The number of ether oxygens (including phenoxy) is 1. The van der Waals surface area contributed by atoms with E-state index in [2.05, 4.69) is 5.32 Å². The molecule has 1 N–H and O–H groups in total. The highest BCUT2D eigenvalue weighted by Crippen LogP contribution is 2.45. The maximum atomic E-state index is 12.7. The zero-order valence-corrected chi connectivity index (χ0v) is 14.7. The number of methoxy groups -OCH3 is 1. The van der Waals surface area contributed by atoms with Crippen molar-refractivity contribution in [2.45, 2.75) is 18.2 Å². The van der Waals surface area contributed by atoms with Crippen LogP contribution >= 0.6 is 23.2 Å². The lowest BCUT2D eigenvalue weighted by atomic mass is 9.76. The van der Waals surface area contributed by atoms with Gasteiger partial charge in [-0.15, -0.1) is 11.6 Å². The number of fused-ring (bicyclic) bond motifs is 1. The fourth-order valence-electron chi connectivity index (χ4n) is 2.99. The number of halogens is 2. The Morgan fingerprint density at radius 3 is 2.62 bits per heavy atom. The monoisotopic (exact) mass is 363 g/mol. The summed E-state index contributed by atoms with van der Waals surface area (Å²) in [6, 6.07) is 10.4. The summed E-state index contributed by atoms with van der Waals surface area (Å²) in [5.41, 5.74) is 2.28. The highest BCUT2D eigenvalue weighted by molar-refractivity contribution is 6.32. The number of alkyl halides is 1. The lowest BCUT2D eigenvalue weighted by molar-refractivity contribution is -0.119. The van der Waals surface area contributed by atoms with Crippen molar-refractivity contribution in [2.24, 2.45) is 0 Å². The molecule has 0 aliphatic carbocycles. The fourth-order valence-corrected chi connectivity index (χ4v) is 3.46. The van der Waals surface area contributed by atoms with E-state index in [1.807, 2.05) is 18.2 Å². The third-order valence-corrected chi connectivity index (χ3v) is 5.04. The first-order chi connectivity index (χ1) is 11.4. The first-order valence-corrected chi connectivity index (χ1v) is 8.22. The Bertz CT molecular complexity index is 850. The number of hydrogen-bond acceptors (Lipinski definition) is 3. The second-order valence-corrected chi connectivity index (χ2v) is 6.45. The molecule has 1 atom stereocenters. The molecule has 24 heavy (non-hydrogen) atoms. The van der Waals surface area contributed by atoms with Crippen LogP contribution < -0.4 is 5.32 Å². The lowest BCUT2D eigenvalue weighted by Crippen LogP contribution is -2.33. The van der Waals surface area contributed by atoms with Crippen molar-refractivity contribution < 1.29 is 14.3 Å². The van der Waals surface area contributed by atoms with Crippen molar-refractivity contribution in [3.8, 4) is 0 Å². The van der Waals surface area contributed by atoms with Crippen LogP contribution in [-0.4, -0.2) is 19.0 Å². The number of nitrogens with one attached hydrogen (secondary N) is 1. The molecule has 0 bridgehead atoms. The summed E-state index contributed by atoms with van der Waals surface area (Å²) >= 11 is 12.3. The minimum Gasteiger partial charge on any atom is -0.465 e. The molecule has 3 rings (SSSR count). The molecule has 2 aromatic carbocycles. The highest BCUT2D eigenvalue weighted by Gasteiger charge is 2.45. The van der Waals surface area contributed by atoms with E-state index in [4.69, 9.17) is 27.9 Å². The van der Waals surface area contributed by atoms with Gasteiger partial charge in [0, 0.05) is 16.6 Å². The molecule has 1 amide bonds. The predicted octanol–water partition coefficient (Wildman–Crippen LogP) is 4.12. The third-order valence-electron chi connectivity index (χ3n) is 4.41. The number of carbonyl (C=O) groups is 2. The van der Waals surface area contributed by atoms with Gasteiger partial charge in [-0.05, 0) is 47.9 Å². The Hall–Kier alpha value is -2.04. The predicted molar refractivity (Wildman–Crippen MR) is 93.9 cm³/mol. The summed E-state index contributed by atoms with van der Waals surface area (Å²) in [4.78, 5) is 24.6. The van der Waals surface area contributed by atoms with Gasteiger partial charge in [0.25, 0.3) is 0 Å². The maximum Gasteiger partial charge on any atom is 0.337 e. The molecule has 1 aliphatic rings. The molecule has 0 spiro atoms. The van der Waals surface area contributed by atoms with Crippen LogP contribution in [0.15, 0.2) is 36.4 Å². The first-order valence-electron chi connectivity index (χ1n) is 7.31. The molecule has 0 aromatic heterocycles. The molecule has 4 nitrogen and oxygen atoms in total. The SMILES string of the molecule is COC(=O)c1ccc(Cl)c(C2(C)C(=O)Nc3ccc(CCl)cc32)c1. The van der Waals surface area contributed by atoms with Crippen molar-refractivity contribution in [1.82, 2.24) is 0 Å². The van der Waals surface area contributed by atoms with Crippen molar-refractivity contribution >= 4 is 40.8 Å². The Kier molecular flexibility index (Phi) is 4.28. The van der Waals surface area contributed by atoms with Crippen LogP contribution in [0.1, 0.15) is 34.0 Å². The lowest BCUT2D eigenvalue weighted by Gasteiger charge is -2.25. The molecular weight excluding hydrogens is 349 g/mol. The van der Waals surface area contributed by atoms with Gasteiger partial charge in [-0.2, -0.15) is 0 Å². The summed E-state index contributed by atoms with van der Waals surface area (Å²) in [7, 11) is 1.31. The van der Waals surface area contributed by atoms with E-state index in [-0.39, 0.29) is 5.91 Å². The van der Waals surface area contributed by atoms with Gasteiger partial charge in [-0.1, -0.05) is 23.7 Å². The molecule has 0 fully saturated rings.